The van der Waals surface area contributed by atoms with Crippen molar-refractivity contribution in [1.82, 2.24) is 20.5 Å². The van der Waals surface area contributed by atoms with Crippen LogP contribution in [0, 0.1) is 11.3 Å². The number of hydrogen-bond acceptors (Lipinski definition) is 8. The lowest BCUT2D eigenvalue weighted by Crippen LogP contribution is -2.45. The molecule has 4 unspecified atom stereocenters. The molecule has 0 saturated heterocycles. The number of esters is 1. The average Bonchev–Trinajstić information content (AvgIpc) is 3.55. The molecule has 1 aliphatic carbocycles. The maximum atomic E-state index is 13.7. The van der Waals surface area contributed by atoms with E-state index in [2.05, 4.69) is 77.3 Å². The van der Waals surface area contributed by atoms with Gasteiger partial charge in [-0.2, -0.15) is 0 Å². The molecule has 2 N–H and O–H groups in total. The quantitative estimate of drug-likeness (QED) is 0.0808. The Morgan fingerprint density at radius 3 is 2.37 bits per heavy atom. The summed E-state index contributed by atoms with van der Waals surface area (Å²) in [4.78, 5) is 46.4. The molecule has 0 bridgehead atoms. The summed E-state index contributed by atoms with van der Waals surface area (Å²) in [6, 6.07) is 0.0711. The van der Waals surface area contributed by atoms with Crippen molar-refractivity contribution < 1.29 is 23.9 Å². The van der Waals surface area contributed by atoms with Gasteiger partial charge in [-0.15, -0.1) is 11.3 Å². The van der Waals surface area contributed by atoms with E-state index in [0.717, 1.165) is 64.3 Å². The van der Waals surface area contributed by atoms with Gasteiger partial charge in [0.25, 0.3) is 5.91 Å². The molecule has 10 heteroatoms. The van der Waals surface area contributed by atoms with Crippen molar-refractivity contribution in [3.63, 3.8) is 0 Å². The molecular weight excluding hydrogens is 661 g/mol. The summed E-state index contributed by atoms with van der Waals surface area (Å²) in [6.07, 6.45) is 15.7. The number of nitrogens with zero attached hydrogens (tertiary/aromatic N) is 2. The average molecular weight is 731 g/mol. The second kappa shape index (κ2) is 23.2. The van der Waals surface area contributed by atoms with Gasteiger partial charge in [0.2, 0.25) is 5.91 Å². The van der Waals surface area contributed by atoms with Crippen LogP contribution in [0.5, 0.6) is 0 Å². The topological polar surface area (TPSA) is 110 Å². The largest absolute Gasteiger partial charge is 0.455 e. The molecule has 0 aliphatic heterocycles. The molecule has 0 aromatic carbocycles. The zero-order valence-corrected chi connectivity index (χ0v) is 34.3. The molecule has 0 spiro atoms. The number of hydrogen-bond donors (Lipinski definition) is 2. The van der Waals surface area contributed by atoms with Gasteiger partial charge in [0.15, 0.2) is 6.10 Å². The van der Waals surface area contributed by atoms with Crippen molar-refractivity contribution in [2.45, 2.75) is 170 Å². The van der Waals surface area contributed by atoms with E-state index in [-0.39, 0.29) is 47.4 Å². The van der Waals surface area contributed by atoms with Crippen molar-refractivity contribution in [1.29, 1.82) is 0 Å². The van der Waals surface area contributed by atoms with Crippen LogP contribution in [0.15, 0.2) is 29.2 Å². The van der Waals surface area contributed by atoms with E-state index in [1.54, 1.807) is 5.38 Å². The van der Waals surface area contributed by atoms with Crippen LogP contribution in [-0.4, -0.2) is 71.6 Å². The monoisotopic (exact) mass is 731 g/mol. The lowest BCUT2D eigenvalue weighted by Gasteiger charge is -2.36. The van der Waals surface area contributed by atoms with Gasteiger partial charge < -0.3 is 25.0 Å². The second-order valence-corrected chi connectivity index (χ2v) is 16.9. The third kappa shape index (κ3) is 17.7. The Bertz CT molecular complexity index is 1250. The number of allylic oxidation sites excluding steroid dienone is 1. The van der Waals surface area contributed by atoms with E-state index >= 15 is 0 Å². The zero-order chi connectivity index (χ0) is 38.0. The molecule has 2 amide bonds. The number of ether oxygens (including phenoxy) is 2. The Morgan fingerprint density at radius 1 is 1.06 bits per heavy atom. The Balaban J connectivity index is 2.20. The predicted molar refractivity (Wildman–Crippen MR) is 210 cm³/mol. The third-order valence-corrected chi connectivity index (χ3v) is 10.0. The number of thiazole rings is 1. The van der Waals surface area contributed by atoms with Crippen LogP contribution in [0.25, 0.3) is 0 Å². The summed E-state index contributed by atoms with van der Waals surface area (Å²) in [5, 5.41) is 9.15. The van der Waals surface area contributed by atoms with Crippen molar-refractivity contribution in [3.05, 3.63) is 39.9 Å². The van der Waals surface area contributed by atoms with Crippen LogP contribution in [0.4, 0.5) is 0 Å². The van der Waals surface area contributed by atoms with Crippen molar-refractivity contribution in [2.24, 2.45) is 11.3 Å². The summed E-state index contributed by atoms with van der Waals surface area (Å²) in [5.41, 5.74) is 1.54. The second-order valence-electron chi connectivity index (χ2n) is 16.0. The van der Waals surface area contributed by atoms with E-state index < -0.39 is 12.1 Å². The molecule has 290 valence electrons. The Labute approximate surface area is 313 Å². The van der Waals surface area contributed by atoms with E-state index in [1.165, 1.54) is 23.8 Å². The number of carbonyl (C=O) groups excluding carboxylic acids is 3. The maximum absolute atomic E-state index is 13.7. The molecule has 1 heterocycles. The number of unbranched alkanes of at least 4 members (excludes halogenated alkanes) is 4. The molecular formula is C41H70N4O5S. The van der Waals surface area contributed by atoms with Crippen LogP contribution in [0.2, 0.25) is 0 Å². The normalized spacial score (nSPS) is 16.5. The highest BCUT2D eigenvalue weighted by Crippen LogP contribution is 2.32. The fourth-order valence-corrected chi connectivity index (χ4v) is 7.38. The number of nitrogens with one attached hydrogen (secondary N) is 2. The molecule has 1 aromatic heterocycles. The van der Waals surface area contributed by atoms with Crippen molar-refractivity contribution >= 4 is 29.1 Å². The lowest BCUT2D eigenvalue weighted by atomic mass is 9.85. The fourth-order valence-electron chi connectivity index (χ4n) is 6.54. The first-order valence-electron chi connectivity index (χ1n) is 19.6. The highest BCUT2D eigenvalue weighted by Gasteiger charge is 2.32. The summed E-state index contributed by atoms with van der Waals surface area (Å²) >= 11 is 1.33. The van der Waals surface area contributed by atoms with Gasteiger partial charge in [-0.1, -0.05) is 98.0 Å². The van der Waals surface area contributed by atoms with E-state index in [0.29, 0.717) is 36.7 Å². The molecule has 0 saturated carbocycles. The SMILES string of the molecule is CCCCCCN(C(=O)CCCC)C(CC(OC(C)=O)c1nc(C(=O)NC(CC2=CCC(NCCOC(C)C)C=C2)CC(C)(C)C)cs1)C(C)C. The van der Waals surface area contributed by atoms with Gasteiger partial charge in [0.1, 0.15) is 10.7 Å². The summed E-state index contributed by atoms with van der Waals surface area (Å²) in [7, 11) is 0. The minimum absolute atomic E-state index is 0.00782. The van der Waals surface area contributed by atoms with Crippen LogP contribution in [0.3, 0.4) is 0 Å². The van der Waals surface area contributed by atoms with Crippen molar-refractivity contribution in [2.75, 3.05) is 19.7 Å². The van der Waals surface area contributed by atoms with E-state index in [4.69, 9.17) is 14.5 Å². The standard InChI is InChI=1S/C41H70N4O5S/c1-11-13-15-16-23-45(38(47)17-14-12-2)36(29(3)4)26-37(50-31(7)46)40-44-35(28-51-40)39(48)43-34(27-41(8,9)10)25-32-18-20-33(21-19-32)42-22-24-49-30(5)6/h18-20,28-30,33-34,36-37,42H,11-17,21-27H2,1-10H3,(H,43,48). The summed E-state index contributed by atoms with van der Waals surface area (Å²) in [5.74, 6) is -0.334. The molecule has 1 aliphatic rings. The number of aromatic nitrogens is 1. The van der Waals surface area contributed by atoms with Gasteiger partial charge in [-0.3, -0.25) is 14.4 Å². The highest BCUT2D eigenvalue weighted by atomic mass is 32.1. The molecule has 51 heavy (non-hydrogen) atoms. The predicted octanol–water partition coefficient (Wildman–Crippen LogP) is 8.96. The molecule has 1 aromatic rings. The summed E-state index contributed by atoms with van der Waals surface area (Å²) in [6.45, 7) is 22.8. The van der Waals surface area contributed by atoms with Crippen LogP contribution in [-0.2, 0) is 19.1 Å². The highest BCUT2D eigenvalue weighted by molar-refractivity contribution is 7.09. The van der Waals surface area contributed by atoms with Gasteiger partial charge in [-0.05, 0) is 57.3 Å². The molecule has 0 fully saturated rings. The van der Waals surface area contributed by atoms with Gasteiger partial charge >= 0.3 is 5.97 Å². The van der Waals surface area contributed by atoms with Gasteiger partial charge in [0, 0.05) is 56.4 Å². The van der Waals surface area contributed by atoms with Gasteiger partial charge in [0.05, 0.1) is 12.7 Å². The first kappa shape index (κ1) is 44.6. The smallest absolute Gasteiger partial charge is 0.303 e. The Hall–Kier alpha value is -2.56. The third-order valence-electron chi connectivity index (χ3n) is 9.09. The molecule has 9 nitrogen and oxygen atoms in total. The molecule has 4 atom stereocenters. The number of carbonyl (C=O) groups is 3. The lowest BCUT2D eigenvalue weighted by molar-refractivity contribution is -0.148. The van der Waals surface area contributed by atoms with E-state index in [1.807, 2.05) is 18.7 Å². The van der Waals surface area contributed by atoms with Gasteiger partial charge in [-0.25, -0.2) is 4.98 Å². The molecule has 2 rings (SSSR count). The van der Waals surface area contributed by atoms with Crippen molar-refractivity contribution in [3.8, 4) is 0 Å². The van der Waals surface area contributed by atoms with E-state index in [9.17, 15) is 14.4 Å². The Morgan fingerprint density at radius 2 is 1.78 bits per heavy atom. The number of rotatable bonds is 24. The zero-order valence-electron chi connectivity index (χ0n) is 33.5. The first-order valence-corrected chi connectivity index (χ1v) is 20.5. The van der Waals surface area contributed by atoms with Crippen LogP contribution in [0.1, 0.15) is 161 Å². The first-order chi connectivity index (χ1) is 24.1. The van der Waals surface area contributed by atoms with Crippen LogP contribution < -0.4 is 10.6 Å². The summed E-state index contributed by atoms with van der Waals surface area (Å²) < 4.78 is 11.5. The minimum atomic E-state index is -0.653. The molecule has 0 radical (unpaired) electrons. The fraction of sp³-hybridized carbons (Fsp3) is 0.756. The minimum Gasteiger partial charge on any atom is -0.455 e. The maximum Gasteiger partial charge on any atom is 0.303 e. The number of amides is 2. The Kier molecular flexibility index (Phi) is 20.3. The van der Waals surface area contributed by atoms with Crippen LogP contribution >= 0.6 is 11.3 Å².